The summed E-state index contributed by atoms with van der Waals surface area (Å²) in [6.45, 7) is 0. The normalized spacial score (nSPS) is 10.5. The first-order chi connectivity index (χ1) is 5.00. The van der Waals surface area contributed by atoms with E-state index in [-0.39, 0.29) is 27.3 Å². The van der Waals surface area contributed by atoms with Crippen molar-refractivity contribution in [1.29, 1.82) is 0 Å². The van der Waals surface area contributed by atoms with Gasteiger partial charge >= 0.3 is 22.4 Å². The maximum absolute atomic E-state index is 10.3. The van der Waals surface area contributed by atoms with Crippen molar-refractivity contribution in [3.8, 4) is 0 Å². The number of hydrogen-bond acceptors (Lipinski definition) is 3. The Morgan fingerprint density at radius 1 is 1.17 bits per heavy atom. The molecule has 1 rings (SSSR count). The van der Waals surface area contributed by atoms with Crippen molar-refractivity contribution in [3.63, 3.8) is 0 Å². The molecule has 0 aliphatic heterocycles. The summed E-state index contributed by atoms with van der Waals surface area (Å²) in [5.41, 5.74) is 0. The summed E-state index contributed by atoms with van der Waals surface area (Å²) in [7, 11) is -4.33. The van der Waals surface area contributed by atoms with E-state index in [2.05, 4.69) is 0 Å². The van der Waals surface area contributed by atoms with Crippen molar-refractivity contribution in [1.82, 2.24) is 0 Å². The van der Waals surface area contributed by atoms with E-state index in [1.54, 1.807) is 0 Å². The van der Waals surface area contributed by atoms with Gasteiger partial charge in [-0.2, -0.15) is 0 Å². The number of rotatable bonds is 1. The molecule has 0 heterocycles. The minimum atomic E-state index is -4.33. The van der Waals surface area contributed by atoms with Crippen LogP contribution in [-0.2, 0) is 32.5 Å². The second-order valence-electron chi connectivity index (χ2n) is 1.91. The molecule has 0 amide bonds. The van der Waals surface area contributed by atoms with Gasteiger partial charge in [-0.05, 0) is 24.3 Å². The van der Waals surface area contributed by atoms with Crippen LogP contribution < -0.4 is 0 Å². The number of halogens is 1. The summed E-state index contributed by atoms with van der Waals surface area (Å²) in [5, 5.41) is 0.400. The van der Waals surface area contributed by atoms with Gasteiger partial charge in [0.15, 0.2) is 0 Å². The molecule has 0 fully saturated rings. The smallest absolute Gasteiger partial charge is 0.744 e. The molecule has 0 aliphatic rings. The summed E-state index contributed by atoms with van der Waals surface area (Å²) in [6, 6.07) is 5.05. The molecule has 0 unspecified atom stereocenters. The van der Waals surface area contributed by atoms with Gasteiger partial charge in [0.2, 0.25) is 0 Å². The molecule has 0 aliphatic carbocycles. The molecule has 0 aromatic heterocycles. The molecule has 3 nitrogen and oxygen atoms in total. The molecule has 12 heavy (non-hydrogen) atoms. The fourth-order valence-electron chi connectivity index (χ4n) is 0.601. The van der Waals surface area contributed by atoms with E-state index in [9.17, 15) is 13.0 Å². The molecular formula is C6H4AgClO3S. The number of benzene rings is 1. The Bertz CT molecular complexity index is 346. The molecule has 0 radical (unpaired) electrons. The van der Waals surface area contributed by atoms with Gasteiger partial charge in [-0.1, -0.05) is 11.6 Å². The third-order valence-electron chi connectivity index (χ3n) is 1.10. The Morgan fingerprint density at radius 3 is 1.92 bits per heavy atom. The summed E-state index contributed by atoms with van der Waals surface area (Å²) >= 11 is 5.46. The first-order valence-corrected chi connectivity index (χ1v) is 4.50. The molecule has 0 N–H and O–H groups in total. The molecule has 0 bridgehead atoms. The molecule has 1 aromatic rings. The van der Waals surface area contributed by atoms with Crippen LogP contribution in [0.5, 0.6) is 0 Å². The minimum Gasteiger partial charge on any atom is -0.744 e. The second-order valence-corrected chi connectivity index (χ2v) is 3.72. The predicted molar refractivity (Wildman–Crippen MR) is 39.4 cm³/mol. The van der Waals surface area contributed by atoms with E-state index in [1.165, 1.54) is 24.3 Å². The maximum Gasteiger partial charge on any atom is 1.00 e. The van der Waals surface area contributed by atoms with E-state index in [0.29, 0.717) is 5.02 Å². The van der Waals surface area contributed by atoms with Crippen LogP contribution in [-0.4, -0.2) is 13.0 Å². The van der Waals surface area contributed by atoms with Crippen molar-refractivity contribution in [3.05, 3.63) is 29.3 Å². The second kappa shape index (κ2) is 4.41. The fourth-order valence-corrected chi connectivity index (χ4v) is 1.20. The van der Waals surface area contributed by atoms with E-state index >= 15 is 0 Å². The van der Waals surface area contributed by atoms with Crippen LogP contribution in [0.4, 0.5) is 0 Å². The van der Waals surface area contributed by atoms with Crippen LogP contribution in [0.25, 0.3) is 0 Å². The van der Waals surface area contributed by atoms with Crippen LogP contribution in [0.1, 0.15) is 0 Å². The van der Waals surface area contributed by atoms with Crippen molar-refractivity contribution in [2.24, 2.45) is 0 Å². The third-order valence-corrected chi connectivity index (χ3v) is 2.20. The summed E-state index contributed by atoms with van der Waals surface area (Å²) in [4.78, 5) is -0.262. The van der Waals surface area contributed by atoms with Crippen molar-refractivity contribution in [2.45, 2.75) is 4.90 Å². The summed E-state index contributed by atoms with van der Waals surface area (Å²) in [6.07, 6.45) is 0. The monoisotopic (exact) mass is 298 g/mol. The molecule has 0 atom stereocenters. The average molecular weight is 299 g/mol. The molecule has 0 spiro atoms. The van der Waals surface area contributed by atoms with Crippen molar-refractivity contribution < 1.29 is 35.4 Å². The van der Waals surface area contributed by atoms with Gasteiger partial charge in [-0.3, -0.25) is 0 Å². The Kier molecular flexibility index (Phi) is 4.47. The predicted octanol–water partition coefficient (Wildman–Crippen LogP) is 1.24. The Labute approximate surface area is 91.0 Å². The quantitative estimate of drug-likeness (QED) is 0.579. The average Bonchev–Trinajstić information content (AvgIpc) is 1.86. The standard InChI is InChI=1S/C6H5ClO3S.Ag/c7-5-1-3-6(4-2-5)11(8,9)10;/h1-4H,(H,8,9,10);/q;+1/p-1. The Morgan fingerprint density at radius 2 is 1.58 bits per heavy atom. The first kappa shape index (κ1) is 12.2. The molecule has 0 saturated heterocycles. The zero-order valence-corrected chi connectivity index (χ0v) is 8.68. The first-order valence-electron chi connectivity index (χ1n) is 2.71. The maximum atomic E-state index is 10.3. The molecule has 70 valence electrons. The molecule has 0 saturated carbocycles. The van der Waals surface area contributed by atoms with Crippen LogP contribution in [0.2, 0.25) is 5.02 Å². The number of hydrogen-bond donors (Lipinski definition) is 0. The van der Waals surface area contributed by atoms with E-state index in [4.69, 9.17) is 11.6 Å². The van der Waals surface area contributed by atoms with Crippen LogP contribution in [0.15, 0.2) is 29.2 Å². The van der Waals surface area contributed by atoms with Gasteiger partial charge in [0, 0.05) is 5.02 Å². The van der Waals surface area contributed by atoms with Gasteiger partial charge in [0.25, 0.3) is 0 Å². The Hall–Kier alpha value is 0.160. The molecular weight excluding hydrogens is 295 g/mol. The largest absolute Gasteiger partial charge is 1.00 e. The third kappa shape index (κ3) is 3.26. The SMILES string of the molecule is O=S(=O)([O-])c1ccc(Cl)cc1.[Ag+]. The fraction of sp³-hybridized carbons (Fsp3) is 0. The van der Waals surface area contributed by atoms with Crippen LogP contribution >= 0.6 is 11.6 Å². The van der Waals surface area contributed by atoms with E-state index in [0.717, 1.165) is 0 Å². The van der Waals surface area contributed by atoms with Gasteiger partial charge < -0.3 is 4.55 Å². The van der Waals surface area contributed by atoms with Crippen molar-refractivity contribution >= 4 is 21.7 Å². The van der Waals surface area contributed by atoms with Gasteiger partial charge in [0.1, 0.15) is 10.1 Å². The van der Waals surface area contributed by atoms with Gasteiger partial charge in [0.05, 0.1) is 4.90 Å². The topological polar surface area (TPSA) is 57.2 Å². The summed E-state index contributed by atoms with van der Waals surface area (Å²) < 4.78 is 31.0. The van der Waals surface area contributed by atoms with E-state index < -0.39 is 10.1 Å². The zero-order chi connectivity index (χ0) is 8.48. The zero-order valence-electron chi connectivity index (χ0n) is 5.62. The van der Waals surface area contributed by atoms with Crippen molar-refractivity contribution in [2.75, 3.05) is 0 Å². The van der Waals surface area contributed by atoms with Gasteiger partial charge in [-0.25, -0.2) is 8.42 Å². The Balaban J connectivity index is 0.00000121. The van der Waals surface area contributed by atoms with Crippen LogP contribution in [0.3, 0.4) is 0 Å². The van der Waals surface area contributed by atoms with E-state index in [1.807, 2.05) is 0 Å². The summed E-state index contributed by atoms with van der Waals surface area (Å²) in [5.74, 6) is 0. The van der Waals surface area contributed by atoms with Gasteiger partial charge in [-0.15, -0.1) is 0 Å². The minimum absolute atomic E-state index is 0. The molecule has 1 aromatic carbocycles. The molecule has 6 heteroatoms. The van der Waals surface area contributed by atoms with Crippen LogP contribution in [0, 0.1) is 0 Å².